The van der Waals surface area contributed by atoms with Crippen molar-refractivity contribution in [1.82, 2.24) is 10.3 Å². The summed E-state index contributed by atoms with van der Waals surface area (Å²) in [5, 5.41) is 4.79. The van der Waals surface area contributed by atoms with Crippen molar-refractivity contribution in [3.05, 3.63) is 16.1 Å². The molecule has 17 heavy (non-hydrogen) atoms. The van der Waals surface area contributed by atoms with Gasteiger partial charge < -0.3 is 5.32 Å². The minimum Gasteiger partial charge on any atom is -0.312 e. The maximum Gasteiger partial charge on any atom is 0.0896 e. The lowest BCUT2D eigenvalue weighted by Gasteiger charge is -2.32. The van der Waals surface area contributed by atoms with E-state index in [1.807, 2.05) is 17.5 Å². The van der Waals surface area contributed by atoms with Crippen LogP contribution >= 0.6 is 11.3 Å². The summed E-state index contributed by atoms with van der Waals surface area (Å²) in [7, 11) is 0. The Morgan fingerprint density at radius 3 is 2.35 bits per heavy atom. The Morgan fingerprint density at radius 1 is 1.29 bits per heavy atom. The van der Waals surface area contributed by atoms with E-state index in [4.69, 9.17) is 0 Å². The summed E-state index contributed by atoms with van der Waals surface area (Å²) < 4.78 is 0. The first kappa shape index (κ1) is 14.7. The molecule has 1 unspecified atom stereocenters. The lowest BCUT2D eigenvalue weighted by atomic mass is 9.83. The highest BCUT2D eigenvalue weighted by molar-refractivity contribution is 7.11. The van der Waals surface area contributed by atoms with Gasteiger partial charge in [0, 0.05) is 23.2 Å². The van der Waals surface area contributed by atoms with Gasteiger partial charge in [-0.25, -0.2) is 4.98 Å². The molecule has 0 radical (unpaired) electrons. The number of aryl methyl sites for hydroxylation is 1. The van der Waals surface area contributed by atoms with E-state index in [0.29, 0.717) is 5.41 Å². The Morgan fingerprint density at radius 2 is 1.94 bits per heavy atom. The largest absolute Gasteiger partial charge is 0.312 e. The first-order valence-electron chi connectivity index (χ1n) is 6.40. The van der Waals surface area contributed by atoms with Crippen molar-refractivity contribution in [2.75, 3.05) is 6.54 Å². The molecule has 2 nitrogen and oxygen atoms in total. The molecular weight excluding hydrogens is 228 g/mol. The molecule has 0 saturated heterocycles. The smallest absolute Gasteiger partial charge is 0.0896 e. The topological polar surface area (TPSA) is 24.9 Å². The number of hydrogen-bond donors (Lipinski definition) is 1. The Balaban J connectivity index is 2.62. The summed E-state index contributed by atoms with van der Waals surface area (Å²) in [5.74, 6) is 0. The van der Waals surface area contributed by atoms with Crippen LogP contribution in [0.5, 0.6) is 0 Å². The van der Waals surface area contributed by atoms with E-state index in [1.54, 1.807) is 0 Å². The fraction of sp³-hybridized carbons (Fsp3) is 0.786. The van der Waals surface area contributed by atoms with Gasteiger partial charge in [-0.05, 0) is 46.0 Å². The van der Waals surface area contributed by atoms with E-state index < -0.39 is 0 Å². The maximum atomic E-state index is 4.34. The Bertz CT molecular complexity index is 351. The standard InChI is InChI=1S/C14H26N2S/c1-7-14(6,10-16-13(3,4)5)8-12-9-15-11(2)17-12/h9,16H,7-8,10H2,1-6H3. The number of rotatable bonds is 5. The van der Waals surface area contributed by atoms with Crippen LogP contribution in [0.25, 0.3) is 0 Å². The molecule has 0 saturated carbocycles. The molecule has 0 spiro atoms. The molecule has 1 aromatic rings. The zero-order chi connectivity index (χ0) is 13.1. The van der Waals surface area contributed by atoms with Gasteiger partial charge in [0.1, 0.15) is 0 Å². The Hall–Kier alpha value is -0.410. The van der Waals surface area contributed by atoms with E-state index >= 15 is 0 Å². The number of nitrogens with zero attached hydrogens (tertiary/aromatic N) is 1. The Labute approximate surface area is 110 Å². The van der Waals surface area contributed by atoms with Gasteiger partial charge in [-0.15, -0.1) is 11.3 Å². The van der Waals surface area contributed by atoms with Crippen molar-refractivity contribution >= 4 is 11.3 Å². The number of hydrogen-bond acceptors (Lipinski definition) is 3. The maximum absolute atomic E-state index is 4.34. The van der Waals surface area contributed by atoms with Gasteiger partial charge in [0.05, 0.1) is 5.01 Å². The van der Waals surface area contributed by atoms with Gasteiger partial charge >= 0.3 is 0 Å². The number of aromatic nitrogens is 1. The van der Waals surface area contributed by atoms with E-state index in [1.165, 1.54) is 16.3 Å². The number of thiazole rings is 1. The monoisotopic (exact) mass is 254 g/mol. The molecule has 1 N–H and O–H groups in total. The van der Waals surface area contributed by atoms with Crippen molar-refractivity contribution in [2.24, 2.45) is 5.41 Å². The van der Waals surface area contributed by atoms with Crippen LogP contribution in [-0.4, -0.2) is 17.1 Å². The highest BCUT2D eigenvalue weighted by Crippen LogP contribution is 2.28. The SMILES string of the molecule is CCC(C)(CNC(C)(C)C)Cc1cnc(C)s1. The van der Waals surface area contributed by atoms with Gasteiger partial charge in [-0.3, -0.25) is 0 Å². The van der Waals surface area contributed by atoms with Crippen molar-refractivity contribution in [3.8, 4) is 0 Å². The molecule has 1 heterocycles. The van der Waals surface area contributed by atoms with Crippen LogP contribution < -0.4 is 5.32 Å². The van der Waals surface area contributed by atoms with Crippen LogP contribution in [-0.2, 0) is 6.42 Å². The van der Waals surface area contributed by atoms with E-state index in [-0.39, 0.29) is 5.54 Å². The predicted molar refractivity (Wildman–Crippen MR) is 76.7 cm³/mol. The lowest BCUT2D eigenvalue weighted by molar-refractivity contribution is 0.256. The third-order valence-electron chi connectivity index (χ3n) is 3.17. The molecule has 98 valence electrons. The highest BCUT2D eigenvalue weighted by atomic mass is 32.1. The molecule has 0 aromatic carbocycles. The van der Waals surface area contributed by atoms with Crippen LogP contribution in [0.3, 0.4) is 0 Å². The molecule has 1 atom stereocenters. The molecule has 0 aliphatic carbocycles. The average molecular weight is 254 g/mol. The zero-order valence-corrected chi connectivity index (χ0v) is 12.9. The van der Waals surface area contributed by atoms with Gasteiger partial charge in [0.2, 0.25) is 0 Å². The fourth-order valence-electron chi connectivity index (χ4n) is 1.70. The lowest BCUT2D eigenvalue weighted by Crippen LogP contribution is -2.43. The molecule has 1 rings (SSSR count). The summed E-state index contributed by atoms with van der Waals surface area (Å²) >= 11 is 1.82. The van der Waals surface area contributed by atoms with Gasteiger partial charge in [-0.1, -0.05) is 13.8 Å². The second kappa shape index (κ2) is 5.49. The molecular formula is C14H26N2S. The third kappa shape index (κ3) is 5.17. The molecule has 0 aliphatic rings. The summed E-state index contributed by atoms with van der Waals surface area (Å²) in [5.41, 5.74) is 0.520. The summed E-state index contributed by atoms with van der Waals surface area (Å²) in [4.78, 5) is 5.75. The second-order valence-electron chi connectivity index (χ2n) is 6.29. The number of nitrogens with one attached hydrogen (secondary N) is 1. The van der Waals surface area contributed by atoms with Gasteiger partial charge in [0.25, 0.3) is 0 Å². The minimum atomic E-state index is 0.194. The van der Waals surface area contributed by atoms with Crippen LogP contribution in [0.15, 0.2) is 6.20 Å². The summed E-state index contributed by atoms with van der Waals surface area (Å²) in [6.07, 6.45) is 4.34. The molecule has 1 aromatic heterocycles. The van der Waals surface area contributed by atoms with Crippen LogP contribution in [0, 0.1) is 12.3 Å². The molecule has 0 aliphatic heterocycles. The summed E-state index contributed by atoms with van der Waals surface area (Å²) in [6, 6.07) is 0. The molecule has 0 fully saturated rings. The van der Waals surface area contributed by atoms with Gasteiger partial charge in [0.15, 0.2) is 0 Å². The average Bonchev–Trinajstić information content (AvgIpc) is 2.60. The first-order valence-corrected chi connectivity index (χ1v) is 7.22. The van der Waals surface area contributed by atoms with Crippen molar-refractivity contribution < 1.29 is 0 Å². The second-order valence-corrected chi connectivity index (χ2v) is 7.61. The van der Waals surface area contributed by atoms with Crippen LogP contribution in [0.1, 0.15) is 50.9 Å². The third-order valence-corrected chi connectivity index (χ3v) is 4.08. The summed E-state index contributed by atoms with van der Waals surface area (Å²) in [6.45, 7) is 14.4. The molecule has 0 bridgehead atoms. The van der Waals surface area contributed by atoms with E-state index in [0.717, 1.165) is 13.0 Å². The predicted octanol–water partition coefficient (Wildman–Crippen LogP) is 3.80. The molecule has 3 heteroatoms. The minimum absolute atomic E-state index is 0.194. The zero-order valence-electron chi connectivity index (χ0n) is 12.1. The quantitative estimate of drug-likeness (QED) is 0.864. The van der Waals surface area contributed by atoms with Crippen LogP contribution in [0.4, 0.5) is 0 Å². The van der Waals surface area contributed by atoms with Crippen molar-refractivity contribution in [1.29, 1.82) is 0 Å². The fourth-order valence-corrected chi connectivity index (χ4v) is 2.71. The van der Waals surface area contributed by atoms with E-state index in [2.05, 4.69) is 51.8 Å². The normalized spacial score (nSPS) is 15.9. The van der Waals surface area contributed by atoms with Crippen LogP contribution in [0.2, 0.25) is 0 Å². The van der Waals surface area contributed by atoms with Gasteiger partial charge in [-0.2, -0.15) is 0 Å². The molecule has 0 amide bonds. The highest BCUT2D eigenvalue weighted by Gasteiger charge is 2.25. The Kier molecular flexibility index (Phi) is 4.73. The van der Waals surface area contributed by atoms with Crippen molar-refractivity contribution in [2.45, 2.75) is 59.9 Å². The van der Waals surface area contributed by atoms with Crippen molar-refractivity contribution in [3.63, 3.8) is 0 Å². The first-order chi connectivity index (χ1) is 7.74. The van der Waals surface area contributed by atoms with E-state index in [9.17, 15) is 0 Å².